The van der Waals surface area contributed by atoms with Gasteiger partial charge in [-0.15, -0.1) is 0 Å². The number of hydrogen-bond donors (Lipinski definition) is 1. The summed E-state index contributed by atoms with van der Waals surface area (Å²) in [7, 11) is 1.76. The molecule has 0 fully saturated rings. The molecule has 0 aliphatic heterocycles. The average Bonchev–Trinajstić information content (AvgIpc) is 2.66. The summed E-state index contributed by atoms with van der Waals surface area (Å²) >= 11 is 5.97. The van der Waals surface area contributed by atoms with Gasteiger partial charge in [-0.3, -0.25) is 9.78 Å². The first kappa shape index (κ1) is 17.8. The van der Waals surface area contributed by atoms with Crippen LogP contribution < -0.4 is 5.32 Å². The topological polar surface area (TPSA) is 71.0 Å². The number of rotatable bonds is 6. The molecule has 1 aromatic carbocycles. The maximum absolute atomic E-state index is 12.6. The lowest BCUT2D eigenvalue weighted by atomic mass is 10.2. The molecule has 3 aromatic rings. The Hall–Kier alpha value is -2.99. The number of halogens is 1. The third-order valence-electron chi connectivity index (χ3n) is 3.79. The van der Waals surface area contributed by atoms with E-state index in [9.17, 15) is 4.79 Å². The van der Waals surface area contributed by atoms with Crippen molar-refractivity contribution in [1.29, 1.82) is 0 Å². The molecule has 1 amide bonds. The van der Waals surface area contributed by atoms with Crippen molar-refractivity contribution < 1.29 is 4.79 Å². The second-order valence-corrected chi connectivity index (χ2v) is 6.17. The predicted molar refractivity (Wildman–Crippen MR) is 102 cm³/mol. The maximum atomic E-state index is 12.6. The van der Waals surface area contributed by atoms with E-state index in [2.05, 4.69) is 20.3 Å². The van der Waals surface area contributed by atoms with Gasteiger partial charge >= 0.3 is 0 Å². The summed E-state index contributed by atoms with van der Waals surface area (Å²) in [5.74, 6) is 0.191. The van der Waals surface area contributed by atoms with Gasteiger partial charge in [-0.05, 0) is 48.4 Å². The van der Waals surface area contributed by atoms with Gasteiger partial charge in [0.15, 0.2) is 0 Å². The van der Waals surface area contributed by atoms with Crippen LogP contribution in [0.5, 0.6) is 0 Å². The first-order chi connectivity index (χ1) is 12.6. The van der Waals surface area contributed by atoms with Crippen LogP contribution in [-0.4, -0.2) is 39.4 Å². The molecule has 0 saturated carbocycles. The maximum Gasteiger partial charge on any atom is 0.272 e. The van der Waals surface area contributed by atoms with E-state index in [0.717, 1.165) is 17.7 Å². The number of anilines is 2. The molecule has 2 aromatic heterocycles. The molecule has 0 atom stereocenters. The zero-order chi connectivity index (χ0) is 18.4. The molecular weight excluding hydrogens is 350 g/mol. The lowest BCUT2D eigenvalue weighted by Gasteiger charge is -2.17. The minimum atomic E-state index is -0.157. The van der Waals surface area contributed by atoms with Gasteiger partial charge in [-0.1, -0.05) is 17.7 Å². The van der Waals surface area contributed by atoms with E-state index in [1.165, 1.54) is 0 Å². The number of amides is 1. The van der Waals surface area contributed by atoms with Gasteiger partial charge in [-0.25, -0.2) is 9.97 Å². The Bertz CT molecular complexity index is 888. The van der Waals surface area contributed by atoms with Crippen LogP contribution in [0, 0.1) is 0 Å². The Morgan fingerprint density at radius 2 is 1.96 bits per heavy atom. The molecule has 7 heteroatoms. The highest BCUT2D eigenvalue weighted by Gasteiger charge is 2.14. The number of aromatic nitrogens is 3. The van der Waals surface area contributed by atoms with E-state index in [0.29, 0.717) is 23.2 Å². The van der Waals surface area contributed by atoms with Gasteiger partial charge in [-0.2, -0.15) is 0 Å². The average molecular weight is 368 g/mol. The summed E-state index contributed by atoms with van der Waals surface area (Å²) in [6.45, 7) is 0.587. The van der Waals surface area contributed by atoms with Crippen LogP contribution in [0.3, 0.4) is 0 Å². The van der Waals surface area contributed by atoms with Crippen molar-refractivity contribution in [1.82, 2.24) is 19.9 Å². The van der Waals surface area contributed by atoms with E-state index >= 15 is 0 Å². The number of nitrogens with zero attached hydrogens (tertiary/aromatic N) is 4. The van der Waals surface area contributed by atoms with Gasteiger partial charge in [0, 0.05) is 42.9 Å². The molecule has 0 saturated heterocycles. The van der Waals surface area contributed by atoms with E-state index in [-0.39, 0.29) is 5.91 Å². The second-order valence-electron chi connectivity index (χ2n) is 5.73. The second kappa shape index (κ2) is 8.40. The van der Waals surface area contributed by atoms with Gasteiger partial charge < -0.3 is 10.2 Å². The monoisotopic (exact) mass is 367 g/mol. The van der Waals surface area contributed by atoms with Crippen LogP contribution in [0.2, 0.25) is 5.02 Å². The molecule has 0 spiro atoms. The lowest BCUT2D eigenvalue weighted by molar-refractivity contribution is 0.0791. The van der Waals surface area contributed by atoms with E-state index in [1.54, 1.807) is 48.7 Å². The molecule has 26 heavy (non-hydrogen) atoms. The van der Waals surface area contributed by atoms with Crippen molar-refractivity contribution in [2.75, 3.05) is 18.9 Å². The van der Waals surface area contributed by atoms with Crippen LogP contribution in [0.4, 0.5) is 11.6 Å². The number of nitrogens with one attached hydrogen (secondary N) is 1. The minimum Gasteiger partial charge on any atom is -0.340 e. The Kier molecular flexibility index (Phi) is 5.76. The fourth-order valence-corrected chi connectivity index (χ4v) is 2.57. The van der Waals surface area contributed by atoms with E-state index in [4.69, 9.17) is 11.6 Å². The number of benzene rings is 1. The van der Waals surface area contributed by atoms with Crippen LogP contribution in [0.15, 0.2) is 61.1 Å². The molecule has 3 rings (SSSR count). The summed E-state index contributed by atoms with van der Waals surface area (Å²) in [5, 5.41) is 3.66. The fraction of sp³-hybridized carbons (Fsp3) is 0.158. The summed E-state index contributed by atoms with van der Waals surface area (Å²) in [6.07, 6.45) is 5.80. The molecular formula is C19H18ClN5O. The molecule has 0 unspecified atom stereocenters. The zero-order valence-electron chi connectivity index (χ0n) is 14.3. The molecule has 6 nitrogen and oxygen atoms in total. The van der Waals surface area contributed by atoms with Crippen LogP contribution in [-0.2, 0) is 6.42 Å². The third kappa shape index (κ3) is 4.77. The summed E-state index contributed by atoms with van der Waals surface area (Å²) < 4.78 is 0. The van der Waals surface area contributed by atoms with Crippen molar-refractivity contribution >= 4 is 29.1 Å². The first-order valence-corrected chi connectivity index (χ1v) is 8.49. The minimum absolute atomic E-state index is 0.157. The number of carbonyl (C=O) groups is 1. The smallest absolute Gasteiger partial charge is 0.272 e. The van der Waals surface area contributed by atoms with Crippen molar-refractivity contribution in [3.05, 3.63) is 77.3 Å². The SMILES string of the molecule is CN(CCc1ccncc1)C(=O)c1ccnc(Nc2cccc(Cl)c2)n1. The number of carbonyl (C=O) groups excluding carboxylic acids is 1. The van der Waals surface area contributed by atoms with Crippen LogP contribution >= 0.6 is 11.6 Å². The van der Waals surface area contributed by atoms with E-state index in [1.807, 2.05) is 24.3 Å². The van der Waals surface area contributed by atoms with E-state index < -0.39 is 0 Å². The summed E-state index contributed by atoms with van der Waals surface area (Å²) in [5.41, 5.74) is 2.22. The van der Waals surface area contributed by atoms with Crippen molar-refractivity contribution in [3.8, 4) is 0 Å². The summed E-state index contributed by atoms with van der Waals surface area (Å²) in [6, 6.07) is 12.7. The van der Waals surface area contributed by atoms with Gasteiger partial charge in [0.1, 0.15) is 5.69 Å². The normalized spacial score (nSPS) is 10.4. The molecule has 0 aliphatic carbocycles. The van der Waals surface area contributed by atoms with Gasteiger partial charge in [0.2, 0.25) is 5.95 Å². The first-order valence-electron chi connectivity index (χ1n) is 8.12. The lowest BCUT2D eigenvalue weighted by Crippen LogP contribution is -2.29. The predicted octanol–water partition coefficient (Wildman–Crippen LogP) is 3.58. The van der Waals surface area contributed by atoms with Crippen molar-refractivity contribution in [2.24, 2.45) is 0 Å². The molecule has 0 aliphatic rings. The van der Waals surface area contributed by atoms with Gasteiger partial charge in [0.05, 0.1) is 0 Å². The highest BCUT2D eigenvalue weighted by Crippen LogP contribution is 2.18. The van der Waals surface area contributed by atoms with Crippen LogP contribution in [0.1, 0.15) is 16.1 Å². The zero-order valence-corrected chi connectivity index (χ0v) is 15.0. The quantitative estimate of drug-likeness (QED) is 0.721. The highest BCUT2D eigenvalue weighted by atomic mass is 35.5. The molecule has 0 radical (unpaired) electrons. The largest absolute Gasteiger partial charge is 0.340 e. The summed E-state index contributed by atoms with van der Waals surface area (Å²) in [4.78, 5) is 26.7. The third-order valence-corrected chi connectivity index (χ3v) is 4.02. The molecule has 132 valence electrons. The Morgan fingerprint density at radius 3 is 2.73 bits per heavy atom. The highest BCUT2D eigenvalue weighted by molar-refractivity contribution is 6.30. The van der Waals surface area contributed by atoms with Crippen molar-refractivity contribution in [2.45, 2.75) is 6.42 Å². The standard InChI is InChI=1S/C19H18ClN5O/c1-25(12-8-14-5-9-21-10-6-14)18(26)17-7-11-22-19(24-17)23-16-4-2-3-15(20)13-16/h2-7,9-11,13H,8,12H2,1H3,(H,22,23,24). The van der Waals surface area contributed by atoms with Crippen molar-refractivity contribution in [3.63, 3.8) is 0 Å². The molecule has 1 N–H and O–H groups in total. The Morgan fingerprint density at radius 1 is 1.15 bits per heavy atom. The number of hydrogen-bond acceptors (Lipinski definition) is 5. The number of likely N-dealkylation sites (N-methyl/N-ethyl adjacent to an activating group) is 1. The fourth-order valence-electron chi connectivity index (χ4n) is 2.38. The molecule has 0 bridgehead atoms. The van der Waals surface area contributed by atoms with Gasteiger partial charge in [0.25, 0.3) is 5.91 Å². The number of pyridine rings is 1. The Labute approximate surface area is 156 Å². The van der Waals surface area contributed by atoms with Crippen LogP contribution in [0.25, 0.3) is 0 Å². The Balaban J connectivity index is 1.65. The molecule has 2 heterocycles.